The molecule has 0 fully saturated rings. The first kappa shape index (κ1) is 9.45. The lowest BCUT2D eigenvalue weighted by Gasteiger charge is -2.22. The summed E-state index contributed by atoms with van der Waals surface area (Å²) >= 11 is 0. The normalized spacial score (nSPS) is 18.7. The number of nitro groups is 1. The van der Waals surface area contributed by atoms with Crippen molar-refractivity contribution < 1.29 is 14.5 Å². The maximum Gasteiger partial charge on any atom is 0.296 e. The van der Waals surface area contributed by atoms with Gasteiger partial charge in [-0.3, -0.25) is 14.9 Å². The number of carbonyl (C=O) groups excluding carboxylic acids is 1. The van der Waals surface area contributed by atoms with Crippen molar-refractivity contribution in [3.63, 3.8) is 0 Å². The van der Waals surface area contributed by atoms with E-state index in [1.165, 1.54) is 12.1 Å². The van der Waals surface area contributed by atoms with Crippen LogP contribution < -0.4 is 10.1 Å². The molecule has 1 amide bonds. The molecule has 1 aliphatic rings. The zero-order valence-corrected chi connectivity index (χ0v) is 7.89. The number of carbonyl (C=O) groups is 1. The van der Waals surface area contributed by atoms with Gasteiger partial charge in [0.1, 0.15) is 0 Å². The van der Waals surface area contributed by atoms with E-state index in [2.05, 4.69) is 5.32 Å². The first-order valence-corrected chi connectivity index (χ1v) is 4.34. The quantitative estimate of drug-likeness (QED) is 0.557. The Hall–Kier alpha value is -2.11. The monoisotopic (exact) mass is 208 g/mol. The molecule has 1 N–H and O–H groups in total. The van der Waals surface area contributed by atoms with Gasteiger partial charge in [0.05, 0.1) is 4.92 Å². The molecule has 0 aromatic heterocycles. The molecule has 0 saturated heterocycles. The number of benzene rings is 1. The van der Waals surface area contributed by atoms with E-state index in [0.29, 0.717) is 5.75 Å². The van der Waals surface area contributed by atoms with E-state index in [4.69, 9.17) is 4.74 Å². The molecule has 6 nitrogen and oxygen atoms in total. The summed E-state index contributed by atoms with van der Waals surface area (Å²) in [6, 6.07) is 4.41. The lowest BCUT2D eigenvalue weighted by atomic mass is 10.2. The van der Waals surface area contributed by atoms with Crippen LogP contribution in [0.2, 0.25) is 0 Å². The van der Waals surface area contributed by atoms with Gasteiger partial charge in [-0.1, -0.05) is 6.07 Å². The second kappa shape index (κ2) is 3.23. The fourth-order valence-corrected chi connectivity index (χ4v) is 1.36. The van der Waals surface area contributed by atoms with Crippen LogP contribution in [-0.4, -0.2) is 16.9 Å². The van der Waals surface area contributed by atoms with Gasteiger partial charge in [-0.15, -0.1) is 0 Å². The van der Waals surface area contributed by atoms with Gasteiger partial charge in [0.15, 0.2) is 17.5 Å². The second-order valence-corrected chi connectivity index (χ2v) is 3.16. The SMILES string of the molecule is CC1Oc2cccc([N+](=O)[O-])c2NC1=O. The number of hydrogen-bond donors (Lipinski definition) is 1. The molecule has 0 radical (unpaired) electrons. The van der Waals surface area contributed by atoms with Gasteiger partial charge in [0.25, 0.3) is 11.6 Å². The van der Waals surface area contributed by atoms with Gasteiger partial charge >= 0.3 is 0 Å². The highest BCUT2D eigenvalue weighted by atomic mass is 16.6. The summed E-state index contributed by atoms with van der Waals surface area (Å²) in [4.78, 5) is 21.4. The van der Waals surface area contributed by atoms with Crippen molar-refractivity contribution in [2.24, 2.45) is 0 Å². The van der Waals surface area contributed by atoms with Gasteiger partial charge in [0, 0.05) is 6.07 Å². The Kier molecular flexibility index (Phi) is 2.03. The average Bonchev–Trinajstić information content (AvgIpc) is 2.18. The lowest BCUT2D eigenvalue weighted by molar-refractivity contribution is -0.384. The van der Waals surface area contributed by atoms with Crippen molar-refractivity contribution in [2.75, 3.05) is 5.32 Å². The van der Waals surface area contributed by atoms with Crippen molar-refractivity contribution in [1.29, 1.82) is 0 Å². The molecule has 1 aliphatic heterocycles. The minimum Gasteiger partial charge on any atom is -0.478 e. The predicted molar refractivity (Wildman–Crippen MR) is 51.8 cm³/mol. The van der Waals surface area contributed by atoms with Crippen molar-refractivity contribution in [1.82, 2.24) is 0 Å². The third kappa shape index (κ3) is 1.50. The molecule has 1 unspecified atom stereocenters. The van der Waals surface area contributed by atoms with Crippen LogP contribution >= 0.6 is 0 Å². The van der Waals surface area contributed by atoms with Gasteiger partial charge in [-0.2, -0.15) is 0 Å². The highest BCUT2D eigenvalue weighted by Gasteiger charge is 2.29. The molecule has 0 aliphatic carbocycles. The van der Waals surface area contributed by atoms with Crippen molar-refractivity contribution in [2.45, 2.75) is 13.0 Å². The Morgan fingerprint density at radius 2 is 2.27 bits per heavy atom. The molecule has 6 heteroatoms. The number of fused-ring (bicyclic) bond motifs is 1. The average molecular weight is 208 g/mol. The zero-order chi connectivity index (χ0) is 11.0. The molecule has 1 heterocycles. The summed E-state index contributed by atoms with van der Waals surface area (Å²) < 4.78 is 5.22. The zero-order valence-electron chi connectivity index (χ0n) is 7.89. The third-order valence-corrected chi connectivity index (χ3v) is 2.12. The number of rotatable bonds is 1. The Balaban J connectivity index is 2.52. The summed E-state index contributed by atoms with van der Waals surface area (Å²) in [5.74, 6) is -0.0481. The number of amides is 1. The molecule has 2 rings (SSSR count). The first-order chi connectivity index (χ1) is 7.09. The number of para-hydroxylation sites is 1. The molecule has 0 saturated carbocycles. The van der Waals surface area contributed by atoms with E-state index in [9.17, 15) is 14.9 Å². The van der Waals surface area contributed by atoms with Crippen LogP contribution in [0.15, 0.2) is 18.2 Å². The van der Waals surface area contributed by atoms with Crippen LogP contribution in [0.3, 0.4) is 0 Å². The van der Waals surface area contributed by atoms with Crippen LogP contribution in [0.1, 0.15) is 6.92 Å². The van der Waals surface area contributed by atoms with Gasteiger partial charge in [0.2, 0.25) is 0 Å². The molecule has 1 aromatic carbocycles. The Bertz CT molecular complexity index is 444. The number of hydrogen-bond acceptors (Lipinski definition) is 4. The number of ether oxygens (including phenoxy) is 1. The number of anilines is 1. The Morgan fingerprint density at radius 3 is 2.93 bits per heavy atom. The van der Waals surface area contributed by atoms with Gasteiger partial charge in [-0.05, 0) is 13.0 Å². The highest BCUT2D eigenvalue weighted by molar-refractivity contribution is 5.99. The van der Waals surface area contributed by atoms with E-state index < -0.39 is 11.0 Å². The fourth-order valence-electron chi connectivity index (χ4n) is 1.36. The Morgan fingerprint density at radius 1 is 1.53 bits per heavy atom. The topological polar surface area (TPSA) is 81.5 Å². The number of nitro benzene ring substituents is 1. The van der Waals surface area contributed by atoms with Gasteiger partial charge in [-0.25, -0.2) is 0 Å². The molecule has 1 atom stereocenters. The van der Waals surface area contributed by atoms with Crippen LogP contribution in [0, 0.1) is 10.1 Å². The molecule has 15 heavy (non-hydrogen) atoms. The highest BCUT2D eigenvalue weighted by Crippen LogP contribution is 2.37. The molecular formula is C9H8N2O4. The smallest absolute Gasteiger partial charge is 0.296 e. The predicted octanol–water partition coefficient (Wildman–Crippen LogP) is 1.31. The molecule has 0 spiro atoms. The minimum atomic E-state index is -0.625. The van der Waals surface area contributed by atoms with E-state index >= 15 is 0 Å². The fraction of sp³-hybridized carbons (Fsp3) is 0.222. The largest absolute Gasteiger partial charge is 0.478 e. The maximum absolute atomic E-state index is 11.3. The number of nitrogens with one attached hydrogen (secondary N) is 1. The van der Waals surface area contributed by atoms with Crippen molar-refractivity contribution in [3.05, 3.63) is 28.3 Å². The Labute approximate surface area is 85.0 Å². The van der Waals surface area contributed by atoms with Crippen LogP contribution in [-0.2, 0) is 4.79 Å². The summed E-state index contributed by atoms with van der Waals surface area (Å²) in [5.41, 5.74) is -0.0293. The van der Waals surface area contributed by atoms with Crippen molar-refractivity contribution in [3.8, 4) is 5.75 Å². The summed E-state index contributed by atoms with van der Waals surface area (Å²) in [6.45, 7) is 1.58. The van der Waals surface area contributed by atoms with Gasteiger partial charge < -0.3 is 10.1 Å². The standard InChI is InChI=1S/C9H8N2O4/c1-5-9(12)10-8-6(11(13)14)3-2-4-7(8)15-5/h2-5H,1H3,(H,10,12). The lowest BCUT2D eigenvalue weighted by Crippen LogP contribution is -2.34. The molecule has 0 bridgehead atoms. The van der Waals surface area contributed by atoms with E-state index in [0.717, 1.165) is 0 Å². The van der Waals surface area contributed by atoms with Crippen LogP contribution in [0.25, 0.3) is 0 Å². The third-order valence-electron chi connectivity index (χ3n) is 2.12. The summed E-state index contributed by atoms with van der Waals surface area (Å²) in [6.07, 6.45) is -0.625. The summed E-state index contributed by atoms with van der Waals surface area (Å²) in [5, 5.41) is 13.1. The van der Waals surface area contributed by atoms with E-state index in [-0.39, 0.29) is 17.3 Å². The molecule has 1 aromatic rings. The van der Waals surface area contributed by atoms with Crippen molar-refractivity contribution >= 4 is 17.3 Å². The second-order valence-electron chi connectivity index (χ2n) is 3.16. The van der Waals surface area contributed by atoms with E-state index in [1.54, 1.807) is 13.0 Å². The molecule has 78 valence electrons. The minimum absolute atomic E-state index is 0.130. The van der Waals surface area contributed by atoms with Crippen LogP contribution in [0.4, 0.5) is 11.4 Å². The number of nitrogens with zero attached hydrogens (tertiary/aromatic N) is 1. The summed E-state index contributed by atoms with van der Waals surface area (Å²) in [7, 11) is 0. The maximum atomic E-state index is 11.3. The molecular weight excluding hydrogens is 200 g/mol. The van der Waals surface area contributed by atoms with E-state index in [1.807, 2.05) is 0 Å². The van der Waals surface area contributed by atoms with Crippen LogP contribution in [0.5, 0.6) is 5.75 Å². The first-order valence-electron chi connectivity index (χ1n) is 4.34.